The molecule has 0 heterocycles. The number of primary amides is 1. The molecule has 0 saturated heterocycles. The zero-order valence-corrected chi connectivity index (χ0v) is 10.4. The van der Waals surface area contributed by atoms with Crippen molar-refractivity contribution in [1.29, 1.82) is 0 Å². The Morgan fingerprint density at radius 1 is 1.61 bits per heavy atom. The molecule has 0 fully saturated rings. The lowest BCUT2D eigenvalue weighted by Crippen LogP contribution is -2.18. The van der Waals surface area contributed by atoms with Gasteiger partial charge in [-0.2, -0.15) is 0 Å². The van der Waals surface area contributed by atoms with Gasteiger partial charge in [-0.1, -0.05) is 18.2 Å². The number of rotatable bonds is 5. The van der Waals surface area contributed by atoms with Crippen LogP contribution in [0.3, 0.4) is 0 Å². The smallest absolute Gasteiger partial charge is 0.285 e. The molecule has 0 aliphatic carbocycles. The van der Waals surface area contributed by atoms with E-state index >= 15 is 0 Å². The fourth-order valence-corrected chi connectivity index (χ4v) is 1.36. The summed E-state index contributed by atoms with van der Waals surface area (Å²) in [5, 5.41) is 2.99. The Morgan fingerprint density at radius 3 is 2.83 bits per heavy atom. The van der Waals surface area contributed by atoms with Crippen LogP contribution in [0.5, 0.6) is 0 Å². The maximum absolute atomic E-state index is 13.5. The molecule has 0 spiro atoms. The van der Waals surface area contributed by atoms with Crippen LogP contribution in [0.2, 0.25) is 5.02 Å². The molecule has 0 atom stereocenters. The first-order valence-electron chi connectivity index (χ1n) is 4.90. The molecule has 0 aliphatic rings. The van der Waals surface area contributed by atoms with E-state index in [0.717, 1.165) is 0 Å². The second-order valence-corrected chi connectivity index (χ2v) is 3.76. The highest BCUT2D eigenvalue weighted by atomic mass is 35.5. The summed E-state index contributed by atoms with van der Waals surface area (Å²) in [7, 11) is 1.29. The molecule has 0 unspecified atom stereocenters. The summed E-state index contributed by atoms with van der Waals surface area (Å²) in [6.07, 6.45) is 1.20. The van der Waals surface area contributed by atoms with E-state index in [0.29, 0.717) is 5.02 Å². The van der Waals surface area contributed by atoms with Crippen LogP contribution >= 0.6 is 11.6 Å². The van der Waals surface area contributed by atoms with Gasteiger partial charge >= 0.3 is 0 Å². The molecule has 0 radical (unpaired) electrons. The number of halogens is 2. The van der Waals surface area contributed by atoms with Gasteiger partial charge in [-0.3, -0.25) is 4.79 Å². The number of nitrogens with two attached hydrogens (primary N) is 1. The van der Waals surface area contributed by atoms with Gasteiger partial charge in [0.25, 0.3) is 5.91 Å². The van der Waals surface area contributed by atoms with Crippen molar-refractivity contribution < 1.29 is 13.9 Å². The van der Waals surface area contributed by atoms with Crippen LogP contribution in [0.1, 0.15) is 5.56 Å². The molecule has 1 aromatic carbocycles. The van der Waals surface area contributed by atoms with Gasteiger partial charge in [-0.25, -0.2) is 4.39 Å². The van der Waals surface area contributed by atoms with Crippen LogP contribution in [-0.2, 0) is 9.53 Å². The van der Waals surface area contributed by atoms with Crippen molar-refractivity contribution in [3.8, 4) is 0 Å². The van der Waals surface area contributed by atoms with Crippen LogP contribution in [0, 0.1) is 5.82 Å². The fourth-order valence-electron chi connectivity index (χ4n) is 1.19. The topological polar surface area (TPSA) is 64.3 Å². The first-order chi connectivity index (χ1) is 8.45. The molecule has 0 aromatic heterocycles. The van der Waals surface area contributed by atoms with E-state index in [4.69, 9.17) is 22.1 Å². The second-order valence-electron chi connectivity index (χ2n) is 3.32. The number of nitrogens with one attached hydrogen (secondary N) is 1. The minimum atomic E-state index is -0.746. The molecular formula is C12H12ClFN2O2. The molecule has 6 heteroatoms. The van der Waals surface area contributed by atoms with Crippen molar-refractivity contribution in [1.82, 2.24) is 5.32 Å². The molecule has 96 valence electrons. The van der Waals surface area contributed by atoms with E-state index in [9.17, 15) is 9.18 Å². The van der Waals surface area contributed by atoms with Gasteiger partial charge < -0.3 is 15.8 Å². The van der Waals surface area contributed by atoms with Crippen LogP contribution < -0.4 is 11.1 Å². The van der Waals surface area contributed by atoms with Gasteiger partial charge in [-0.15, -0.1) is 0 Å². The number of amides is 1. The van der Waals surface area contributed by atoms with Gasteiger partial charge in [0.2, 0.25) is 0 Å². The summed E-state index contributed by atoms with van der Waals surface area (Å²) in [6.45, 7) is 3.63. The average Bonchev–Trinajstić information content (AvgIpc) is 2.32. The normalized spacial score (nSPS) is 10.9. The van der Waals surface area contributed by atoms with Crippen LogP contribution in [0.25, 0.3) is 5.70 Å². The van der Waals surface area contributed by atoms with Gasteiger partial charge in [0.05, 0.1) is 7.11 Å². The standard InChI is InChI=1S/C12H12ClFN2O2/c1-7(16-6-11(18-2)12(15)17)9-5-8(13)3-4-10(9)14/h3-6,16H,1H2,2H3,(H2,15,17). The molecule has 1 rings (SSSR count). The largest absolute Gasteiger partial charge is 0.490 e. The van der Waals surface area contributed by atoms with Crippen LogP contribution in [-0.4, -0.2) is 13.0 Å². The number of ether oxygens (including phenoxy) is 1. The predicted molar refractivity (Wildman–Crippen MR) is 67.9 cm³/mol. The Kier molecular flexibility index (Phi) is 4.74. The lowest BCUT2D eigenvalue weighted by molar-refractivity contribution is -0.117. The molecule has 0 bridgehead atoms. The van der Waals surface area contributed by atoms with Crippen molar-refractivity contribution in [2.45, 2.75) is 0 Å². The van der Waals surface area contributed by atoms with Crippen molar-refractivity contribution >= 4 is 23.2 Å². The predicted octanol–water partition coefficient (Wildman–Crippen LogP) is 2.01. The summed E-state index contributed by atoms with van der Waals surface area (Å²) in [5.74, 6) is -1.33. The molecule has 3 N–H and O–H groups in total. The van der Waals surface area contributed by atoms with Gasteiger partial charge in [0.15, 0.2) is 5.76 Å². The lowest BCUT2D eigenvalue weighted by Gasteiger charge is -2.08. The van der Waals surface area contributed by atoms with E-state index in [-0.39, 0.29) is 17.0 Å². The summed E-state index contributed by atoms with van der Waals surface area (Å²) in [6, 6.07) is 4.06. The summed E-state index contributed by atoms with van der Waals surface area (Å²) >= 11 is 5.75. The Labute approximate surface area is 109 Å². The maximum Gasteiger partial charge on any atom is 0.285 e. The van der Waals surface area contributed by atoms with E-state index in [1.165, 1.54) is 31.5 Å². The number of hydrogen-bond acceptors (Lipinski definition) is 3. The summed E-state index contributed by atoms with van der Waals surface area (Å²) in [4.78, 5) is 10.9. The van der Waals surface area contributed by atoms with Crippen molar-refractivity contribution in [3.63, 3.8) is 0 Å². The van der Waals surface area contributed by atoms with Crippen molar-refractivity contribution in [2.75, 3.05) is 7.11 Å². The highest BCUT2D eigenvalue weighted by Gasteiger charge is 2.08. The molecular weight excluding hydrogens is 259 g/mol. The minimum absolute atomic E-state index is 0.0985. The highest BCUT2D eigenvalue weighted by molar-refractivity contribution is 6.30. The summed E-state index contributed by atoms with van der Waals surface area (Å²) < 4.78 is 18.2. The molecule has 0 aliphatic heterocycles. The molecule has 1 amide bonds. The van der Waals surface area contributed by atoms with E-state index in [2.05, 4.69) is 11.9 Å². The maximum atomic E-state index is 13.5. The Bertz CT molecular complexity index is 515. The zero-order chi connectivity index (χ0) is 13.7. The summed E-state index contributed by atoms with van der Waals surface area (Å²) in [5.41, 5.74) is 5.45. The number of methoxy groups -OCH3 is 1. The third-order valence-corrected chi connectivity index (χ3v) is 2.33. The number of benzene rings is 1. The van der Waals surface area contributed by atoms with Gasteiger partial charge in [-0.05, 0) is 18.2 Å². The van der Waals surface area contributed by atoms with Gasteiger partial charge in [0, 0.05) is 22.5 Å². The Balaban J connectivity index is 2.89. The number of carbonyl (C=O) groups excluding carboxylic acids is 1. The highest BCUT2D eigenvalue weighted by Crippen LogP contribution is 2.19. The van der Waals surface area contributed by atoms with Crippen LogP contribution in [0.4, 0.5) is 4.39 Å². The quantitative estimate of drug-likeness (QED) is 0.635. The first-order valence-corrected chi connectivity index (χ1v) is 5.28. The van der Waals surface area contributed by atoms with E-state index in [1.807, 2.05) is 0 Å². The monoisotopic (exact) mass is 270 g/mol. The fraction of sp³-hybridized carbons (Fsp3) is 0.0833. The van der Waals surface area contributed by atoms with Crippen LogP contribution in [0.15, 0.2) is 36.7 Å². The molecule has 1 aromatic rings. The minimum Gasteiger partial charge on any atom is -0.490 e. The third kappa shape index (κ3) is 3.49. The Hall–Kier alpha value is -2.01. The van der Waals surface area contributed by atoms with E-state index in [1.54, 1.807) is 0 Å². The zero-order valence-electron chi connectivity index (χ0n) is 9.67. The van der Waals surface area contributed by atoms with Crippen molar-refractivity contribution in [3.05, 3.63) is 53.1 Å². The molecule has 0 saturated carbocycles. The molecule has 18 heavy (non-hydrogen) atoms. The second kappa shape index (κ2) is 6.07. The van der Waals surface area contributed by atoms with Gasteiger partial charge in [0.1, 0.15) is 5.82 Å². The first kappa shape index (κ1) is 14.1. The number of carbonyl (C=O) groups is 1. The lowest BCUT2D eigenvalue weighted by atomic mass is 10.1. The average molecular weight is 271 g/mol. The SMILES string of the molecule is C=C(NC=C(OC)C(N)=O)c1cc(Cl)ccc1F. The molecule has 4 nitrogen and oxygen atoms in total. The van der Waals surface area contributed by atoms with Crippen molar-refractivity contribution in [2.24, 2.45) is 5.73 Å². The third-order valence-electron chi connectivity index (χ3n) is 2.09. The van der Waals surface area contributed by atoms with E-state index < -0.39 is 11.7 Å². The number of hydrogen-bond donors (Lipinski definition) is 2. The Morgan fingerprint density at radius 2 is 2.28 bits per heavy atom.